The summed E-state index contributed by atoms with van der Waals surface area (Å²) >= 11 is 0. The maximum atomic E-state index is 13.3. The Morgan fingerprint density at radius 3 is 2.37 bits per heavy atom. The summed E-state index contributed by atoms with van der Waals surface area (Å²) < 4.78 is 6.19. The smallest absolute Gasteiger partial charge is 0.225 e. The van der Waals surface area contributed by atoms with Gasteiger partial charge < -0.3 is 15.0 Å². The molecule has 1 fully saturated rings. The number of nitrogens with zero attached hydrogens (tertiary/aromatic N) is 1. The molecular formula is C23H34N2O2. The van der Waals surface area contributed by atoms with E-state index in [4.69, 9.17) is 4.74 Å². The molecular weight excluding hydrogens is 336 g/mol. The number of carbonyl (C=O) groups excluding carboxylic acids is 1. The van der Waals surface area contributed by atoms with Crippen LogP contribution < -0.4 is 5.32 Å². The molecule has 2 rings (SSSR count). The van der Waals surface area contributed by atoms with Gasteiger partial charge in [-0.3, -0.25) is 4.79 Å². The van der Waals surface area contributed by atoms with Crippen LogP contribution in [0.15, 0.2) is 53.9 Å². The summed E-state index contributed by atoms with van der Waals surface area (Å²) in [5, 5.41) is 3.38. The zero-order valence-corrected chi connectivity index (χ0v) is 17.3. The predicted molar refractivity (Wildman–Crippen MR) is 111 cm³/mol. The van der Waals surface area contributed by atoms with Gasteiger partial charge in [0.05, 0.1) is 5.70 Å². The van der Waals surface area contributed by atoms with E-state index in [0.29, 0.717) is 17.9 Å². The van der Waals surface area contributed by atoms with Crippen molar-refractivity contribution in [3.63, 3.8) is 0 Å². The summed E-state index contributed by atoms with van der Waals surface area (Å²) in [4.78, 5) is 15.6. The first-order valence-corrected chi connectivity index (χ1v) is 10.1. The van der Waals surface area contributed by atoms with Gasteiger partial charge in [-0.15, -0.1) is 0 Å². The molecule has 0 amide bonds. The average Bonchev–Trinajstić information content (AvgIpc) is 2.70. The quantitative estimate of drug-likeness (QED) is 0.524. The number of allylic oxidation sites excluding steroid dienone is 2. The highest BCUT2D eigenvalue weighted by atomic mass is 16.5. The van der Waals surface area contributed by atoms with Gasteiger partial charge in [-0.2, -0.15) is 0 Å². The van der Waals surface area contributed by atoms with E-state index in [1.54, 1.807) is 0 Å². The molecule has 4 nitrogen and oxygen atoms in total. The number of hydrogen-bond acceptors (Lipinski definition) is 4. The van der Waals surface area contributed by atoms with Crippen LogP contribution in [-0.4, -0.2) is 36.9 Å². The van der Waals surface area contributed by atoms with Crippen molar-refractivity contribution in [3.05, 3.63) is 59.5 Å². The van der Waals surface area contributed by atoms with Gasteiger partial charge >= 0.3 is 0 Å². The number of benzene rings is 1. The van der Waals surface area contributed by atoms with Crippen LogP contribution in [0.25, 0.3) is 0 Å². The molecule has 27 heavy (non-hydrogen) atoms. The number of nitrogens with one attached hydrogen (secondary N) is 1. The lowest BCUT2D eigenvalue weighted by Gasteiger charge is -2.35. The molecule has 1 N–H and O–H groups in total. The van der Waals surface area contributed by atoms with Crippen molar-refractivity contribution in [2.75, 3.05) is 26.2 Å². The highest BCUT2D eigenvalue weighted by Gasteiger charge is 2.28. The minimum Gasteiger partial charge on any atom is -0.483 e. The molecule has 1 saturated heterocycles. The van der Waals surface area contributed by atoms with Crippen molar-refractivity contribution >= 4 is 5.78 Å². The summed E-state index contributed by atoms with van der Waals surface area (Å²) in [7, 11) is 0. The lowest BCUT2D eigenvalue weighted by atomic mass is 9.93. The zero-order chi connectivity index (χ0) is 19.8. The first-order chi connectivity index (χ1) is 13.0. The Bertz CT molecular complexity index is 658. The van der Waals surface area contributed by atoms with Crippen LogP contribution in [0.4, 0.5) is 0 Å². The molecule has 148 valence electrons. The van der Waals surface area contributed by atoms with Crippen molar-refractivity contribution < 1.29 is 9.53 Å². The van der Waals surface area contributed by atoms with Gasteiger partial charge in [0, 0.05) is 26.2 Å². The van der Waals surface area contributed by atoms with E-state index in [2.05, 4.69) is 44.5 Å². The highest BCUT2D eigenvalue weighted by Crippen LogP contribution is 2.27. The average molecular weight is 371 g/mol. The molecule has 0 saturated carbocycles. The Kier molecular flexibility index (Phi) is 8.11. The van der Waals surface area contributed by atoms with Crippen molar-refractivity contribution in [2.45, 2.75) is 40.7 Å². The molecule has 1 aliphatic rings. The molecule has 1 aromatic rings. The molecule has 1 aromatic carbocycles. The standard InChI is InChI=1S/C23H34N2O2/c1-6-18(4)19(5)22(26)23(27-16-20-10-8-7-9-11-20)21(17(2)3)25-14-12-24-13-15-25/h7-11,17-18,24H,5-6,12-16H2,1-4H3/b23-21-. The van der Waals surface area contributed by atoms with Gasteiger partial charge in [0.15, 0.2) is 5.76 Å². The van der Waals surface area contributed by atoms with Crippen molar-refractivity contribution in [3.8, 4) is 0 Å². The van der Waals surface area contributed by atoms with Crippen molar-refractivity contribution in [2.24, 2.45) is 11.8 Å². The molecule has 4 heteroatoms. The second-order valence-corrected chi connectivity index (χ2v) is 7.54. The third kappa shape index (κ3) is 5.70. The first-order valence-electron chi connectivity index (χ1n) is 10.1. The number of ketones is 1. The highest BCUT2D eigenvalue weighted by molar-refractivity contribution is 6.07. The van der Waals surface area contributed by atoms with E-state index in [1.165, 1.54) is 0 Å². The topological polar surface area (TPSA) is 41.6 Å². The summed E-state index contributed by atoms with van der Waals surface area (Å²) in [6, 6.07) is 10.00. The maximum absolute atomic E-state index is 13.3. The Morgan fingerprint density at radius 2 is 1.81 bits per heavy atom. The number of ether oxygens (including phenoxy) is 1. The monoisotopic (exact) mass is 370 g/mol. The fraction of sp³-hybridized carbons (Fsp3) is 0.522. The minimum absolute atomic E-state index is 0.0532. The van der Waals surface area contributed by atoms with E-state index in [1.807, 2.05) is 30.3 Å². The lowest BCUT2D eigenvalue weighted by Crippen LogP contribution is -2.44. The number of Topliss-reactive ketones (excluding diaryl/α,β-unsaturated/α-hetero) is 1. The number of rotatable bonds is 9. The van der Waals surface area contributed by atoms with Gasteiger partial charge in [-0.05, 0) is 29.4 Å². The second-order valence-electron chi connectivity index (χ2n) is 7.54. The molecule has 0 aliphatic carbocycles. The van der Waals surface area contributed by atoms with E-state index in [9.17, 15) is 4.79 Å². The van der Waals surface area contributed by atoms with E-state index < -0.39 is 0 Å². The molecule has 0 aromatic heterocycles. The van der Waals surface area contributed by atoms with Crippen LogP contribution in [0.1, 0.15) is 39.7 Å². The Labute approximate surface area is 164 Å². The van der Waals surface area contributed by atoms with Gasteiger partial charge in [0.25, 0.3) is 0 Å². The summed E-state index contributed by atoms with van der Waals surface area (Å²) in [5.74, 6) is 0.760. The molecule has 0 bridgehead atoms. The van der Waals surface area contributed by atoms with E-state index >= 15 is 0 Å². The third-order valence-corrected chi connectivity index (χ3v) is 5.17. The molecule has 1 aliphatic heterocycles. The first kappa shape index (κ1) is 21.2. The van der Waals surface area contributed by atoms with E-state index in [0.717, 1.165) is 43.9 Å². The molecule has 1 unspecified atom stereocenters. The summed E-state index contributed by atoms with van der Waals surface area (Å²) in [6.07, 6.45) is 0.890. The van der Waals surface area contributed by atoms with Crippen LogP contribution >= 0.6 is 0 Å². The number of hydrogen-bond donors (Lipinski definition) is 1. The third-order valence-electron chi connectivity index (χ3n) is 5.17. The largest absolute Gasteiger partial charge is 0.483 e. The van der Waals surface area contributed by atoms with E-state index in [-0.39, 0.29) is 17.6 Å². The molecule has 1 heterocycles. The van der Waals surface area contributed by atoms with Crippen molar-refractivity contribution in [1.82, 2.24) is 10.2 Å². The van der Waals surface area contributed by atoms with Gasteiger partial charge in [-0.1, -0.05) is 64.6 Å². The lowest BCUT2D eigenvalue weighted by molar-refractivity contribution is -0.116. The van der Waals surface area contributed by atoms with Crippen LogP contribution in [0.2, 0.25) is 0 Å². The van der Waals surface area contributed by atoms with Gasteiger partial charge in [0.2, 0.25) is 5.78 Å². The van der Waals surface area contributed by atoms with Crippen LogP contribution in [0.5, 0.6) is 0 Å². The molecule has 1 atom stereocenters. The molecule has 0 radical (unpaired) electrons. The number of piperazine rings is 1. The predicted octanol–water partition coefficient (Wildman–Crippen LogP) is 4.15. The minimum atomic E-state index is -0.0532. The second kappa shape index (κ2) is 10.3. The Morgan fingerprint density at radius 1 is 1.19 bits per heavy atom. The van der Waals surface area contributed by atoms with Gasteiger partial charge in [0.1, 0.15) is 6.61 Å². The fourth-order valence-electron chi connectivity index (χ4n) is 3.28. The molecule has 0 spiro atoms. The SMILES string of the molecule is C=C(C(=O)/C(OCc1ccccc1)=C(\C(C)C)N1CCNCC1)C(C)CC. The Hall–Kier alpha value is -2.07. The number of carbonyl (C=O) groups is 1. The summed E-state index contributed by atoms with van der Waals surface area (Å²) in [5.41, 5.74) is 2.69. The zero-order valence-electron chi connectivity index (χ0n) is 17.3. The summed E-state index contributed by atoms with van der Waals surface area (Å²) in [6.45, 7) is 16.5. The van der Waals surface area contributed by atoms with Gasteiger partial charge in [-0.25, -0.2) is 0 Å². The van der Waals surface area contributed by atoms with Crippen LogP contribution in [0, 0.1) is 11.8 Å². The van der Waals surface area contributed by atoms with Crippen LogP contribution in [0.3, 0.4) is 0 Å². The van der Waals surface area contributed by atoms with Crippen LogP contribution in [-0.2, 0) is 16.1 Å². The van der Waals surface area contributed by atoms with Crippen molar-refractivity contribution in [1.29, 1.82) is 0 Å². The maximum Gasteiger partial charge on any atom is 0.225 e. The fourth-order valence-corrected chi connectivity index (χ4v) is 3.28. The normalized spacial score (nSPS) is 16.7. The Balaban J connectivity index is 2.38.